The van der Waals surface area contributed by atoms with E-state index in [1.54, 1.807) is 0 Å². The Morgan fingerprint density at radius 3 is 1.30 bits per heavy atom. The zero-order valence-corrected chi connectivity index (χ0v) is 21.1. The van der Waals surface area contributed by atoms with Gasteiger partial charge in [-0.05, 0) is 24.2 Å². The van der Waals surface area contributed by atoms with Gasteiger partial charge in [0.1, 0.15) is 11.5 Å². The summed E-state index contributed by atoms with van der Waals surface area (Å²) in [7, 11) is -2.68. The predicted molar refractivity (Wildman–Crippen MR) is 133 cm³/mol. The molecule has 2 aromatic rings. The largest absolute Gasteiger partial charge is 0.519 e. The lowest BCUT2D eigenvalue weighted by Crippen LogP contribution is -2.18. The number of rotatable bonds is 8. The highest BCUT2D eigenvalue weighted by Crippen LogP contribution is 2.24. The molecule has 0 spiro atoms. The van der Waals surface area contributed by atoms with Crippen LogP contribution in [-0.4, -0.2) is 22.3 Å². The third-order valence-corrected chi connectivity index (χ3v) is 7.16. The molecule has 0 saturated carbocycles. The molecule has 0 atom stereocenters. The van der Waals surface area contributed by atoms with Gasteiger partial charge in [-0.25, -0.2) is 4.79 Å². The minimum absolute atomic E-state index is 0.556. The Morgan fingerprint density at radius 2 is 1.00 bits per heavy atom. The van der Waals surface area contributed by atoms with Gasteiger partial charge in [0.05, 0.1) is 0 Å². The van der Waals surface area contributed by atoms with Gasteiger partial charge in [-0.3, -0.25) is 0 Å². The van der Waals surface area contributed by atoms with E-state index in [4.69, 9.17) is 9.47 Å². The molecule has 2 aromatic carbocycles. The molecular weight excluding hydrogens is 404 g/mol. The van der Waals surface area contributed by atoms with E-state index in [1.807, 2.05) is 72.8 Å². The Morgan fingerprint density at radius 1 is 0.667 bits per heavy atom. The van der Waals surface area contributed by atoms with Gasteiger partial charge in [0, 0.05) is 27.3 Å². The lowest BCUT2D eigenvalue weighted by Gasteiger charge is -2.16. The lowest BCUT2D eigenvalue weighted by molar-refractivity contribution is 0.132. The molecule has 0 aromatic heterocycles. The minimum Gasteiger partial charge on any atom is -0.394 e. The molecule has 0 fully saturated rings. The quantitative estimate of drug-likeness (QED) is 0.239. The topological polar surface area (TPSA) is 35.5 Å². The number of carbonyl (C=O) groups excluding carboxylic acids is 1. The first-order chi connectivity index (χ1) is 14.0. The average Bonchev–Trinajstić information content (AvgIpc) is 2.68. The number of hydrogen-bond acceptors (Lipinski definition) is 3. The standard InChI is InChI=1S/C25H34O3Si2/c1-29(2,3)19-17-23(21-13-9-7-10-14-21)27-25(26)28-24(18-20-30(4,5)6)22-15-11-8-12-16-22/h7-18H,19-20H2,1-6H3. The highest BCUT2D eigenvalue weighted by molar-refractivity contribution is 6.76. The van der Waals surface area contributed by atoms with Gasteiger partial charge >= 0.3 is 6.16 Å². The second kappa shape index (κ2) is 10.6. The Labute approximate surface area is 183 Å². The fraction of sp³-hybridized carbons (Fsp3) is 0.320. The molecule has 5 heteroatoms. The maximum absolute atomic E-state index is 12.8. The van der Waals surface area contributed by atoms with Crippen LogP contribution in [0.25, 0.3) is 11.5 Å². The summed E-state index contributed by atoms with van der Waals surface area (Å²) in [6, 6.07) is 21.3. The fourth-order valence-corrected chi connectivity index (χ4v) is 4.24. The fourth-order valence-electron chi connectivity index (χ4n) is 2.64. The molecule has 0 N–H and O–H groups in total. The summed E-state index contributed by atoms with van der Waals surface area (Å²) in [4.78, 5) is 12.8. The monoisotopic (exact) mass is 438 g/mol. The Balaban J connectivity index is 2.24. The van der Waals surface area contributed by atoms with E-state index >= 15 is 0 Å². The zero-order valence-electron chi connectivity index (χ0n) is 19.1. The maximum Gasteiger partial charge on any atom is 0.519 e. The molecule has 160 valence electrons. The van der Waals surface area contributed by atoms with Crippen molar-refractivity contribution in [3.05, 3.63) is 83.9 Å². The Bertz CT molecular complexity index is 801. The molecule has 0 saturated heterocycles. The first-order valence-corrected chi connectivity index (χ1v) is 17.9. The van der Waals surface area contributed by atoms with Gasteiger partial charge in [0.25, 0.3) is 0 Å². The molecule has 2 rings (SSSR count). The van der Waals surface area contributed by atoms with Crippen molar-refractivity contribution in [2.24, 2.45) is 0 Å². The number of ether oxygens (including phenoxy) is 2. The maximum atomic E-state index is 12.8. The van der Waals surface area contributed by atoms with Crippen LogP contribution in [0.15, 0.2) is 72.8 Å². The summed E-state index contributed by atoms with van der Waals surface area (Å²) >= 11 is 0. The van der Waals surface area contributed by atoms with Crippen LogP contribution < -0.4 is 0 Å². The van der Waals surface area contributed by atoms with Gasteiger partial charge in [-0.15, -0.1) is 0 Å². The van der Waals surface area contributed by atoms with Crippen LogP contribution in [0.3, 0.4) is 0 Å². The molecule has 0 radical (unpaired) electrons. The SMILES string of the molecule is C[Si](C)(C)CC=C(OC(=O)OC(=CC[Si](C)(C)C)c1ccccc1)c1ccccc1. The van der Waals surface area contributed by atoms with E-state index in [2.05, 4.69) is 39.3 Å². The van der Waals surface area contributed by atoms with Gasteiger partial charge in [-0.1, -0.05) is 99.9 Å². The molecular formula is C25H34O3Si2. The van der Waals surface area contributed by atoms with E-state index in [-0.39, 0.29) is 0 Å². The van der Waals surface area contributed by atoms with Crippen molar-refractivity contribution in [3.63, 3.8) is 0 Å². The van der Waals surface area contributed by atoms with Gasteiger partial charge in [0.15, 0.2) is 0 Å². The van der Waals surface area contributed by atoms with Gasteiger partial charge in [-0.2, -0.15) is 0 Å². The Hall–Kier alpha value is -2.38. The summed E-state index contributed by atoms with van der Waals surface area (Å²) in [6.45, 7) is 13.7. The summed E-state index contributed by atoms with van der Waals surface area (Å²) < 4.78 is 11.4. The van der Waals surface area contributed by atoms with Crippen molar-refractivity contribution in [3.8, 4) is 0 Å². The Kier molecular flexibility index (Phi) is 8.44. The van der Waals surface area contributed by atoms with E-state index in [1.165, 1.54) is 0 Å². The number of carbonyl (C=O) groups is 1. The third-order valence-electron chi connectivity index (χ3n) is 4.30. The molecule has 30 heavy (non-hydrogen) atoms. The predicted octanol–water partition coefficient (Wildman–Crippen LogP) is 7.90. The van der Waals surface area contributed by atoms with E-state index < -0.39 is 22.3 Å². The van der Waals surface area contributed by atoms with Crippen molar-refractivity contribution in [2.75, 3.05) is 0 Å². The van der Waals surface area contributed by atoms with Crippen molar-refractivity contribution in [1.29, 1.82) is 0 Å². The van der Waals surface area contributed by atoms with Crippen LogP contribution in [0.4, 0.5) is 4.79 Å². The van der Waals surface area contributed by atoms with Crippen molar-refractivity contribution >= 4 is 33.8 Å². The van der Waals surface area contributed by atoms with Crippen molar-refractivity contribution < 1.29 is 14.3 Å². The van der Waals surface area contributed by atoms with Gasteiger partial charge < -0.3 is 9.47 Å². The number of hydrogen-bond donors (Lipinski definition) is 0. The van der Waals surface area contributed by atoms with Crippen LogP contribution >= 0.6 is 0 Å². The highest BCUT2D eigenvalue weighted by Gasteiger charge is 2.18. The highest BCUT2D eigenvalue weighted by atomic mass is 28.3. The average molecular weight is 439 g/mol. The van der Waals surface area contributed by atoms with Crippen molar-refractivity contribution in [1.82, 2.24) is 0 Å². The van der Waals surface area contributed by atoms with E-state index in [0.717, 1.165) is 23.2 Å². The third kappa shape index (κ3) is 8.97. The van der Waals surface area contributed by atoms with Crippen LogP contribution in [-0.2, 0) is 9.47 Å². The van der Waals surface area contributed by atoms with E-state index in [0.29, 0.717) is 11.5 Å². The molecule has 0 heterocycles. The van der Waals surface area contributed by atoms with Crippen LogP contribution in [0.1, 0.15) is 11.1 Å². The summed E-state index contributed by atoms with van der Waals surface area (Å²) in [5.74, 6) is 1.11. The molecule has 0 aliphatic rings. The number of benzene rings is 2. The molecule has 3 nitrogen and oxygen atoms in total. The summed E-state index contributed by atoms with van der Waals surface area (Å²) in [5.41, 5.74) is 1.75. The second-order valence-electron chi connectivity index (χ2n) is 9.85. The normalized spacial score (nSPS) is 13.1. The second-order valence-corrected chi connectivity index (χ2v) is 20.9. The molecule has 0 bridgehead atoms. The smallest absolute Gasteiger partial charge is 0.394 e. The molecule has 0 amide bonds. The zero-order chi connectivity index (χ0) is 22.2. The summed E-state index contributed by atoms with van der Waals surface area (Å²) in [5, 5.41) is 0. The van der Waals surface area contributed by atoms with Crippen LogP contribution in [0.2, 0.25) is 51.4 Å². The summed E-state index contributed by atoms with van der Waals surface area (Å²) in [6.07, 6.45) is 3.35. The molecule has 0 aliphatic heterocycles. The van der Waals surface area contributed by atoms with Crippen LogP contribution in [0.5, 0.6) is 0 Å². The molecule has 0 unspecified atom stereocenters. The lowest BCUT2D eigenvalue weighted by atomic mass is 10.2. The first-order valence-electron chi connectivity index (χ1n) is 10.4. The van der Waals surface area contributed by atoms with E-state index in [9.17, 15) is 4.79 Å². The first kappa shape index (κ1) is 23.9. The molecule has 0 aliphatic carbocycles. The van der Waals surface area contributed by atoms with Gasteiger partial charge in [0.2, 0.25) is 0 Å². The minimum atomic E-state index is -1.34. The van der Waals surface area contributed by atoms with Crippen molar-refractivity contribution in [2.45, 2.75) is 51.4 Å². The van der Waals surface area contributed by atoms with Crippen LogP contribution in [0, 0.1) is 0 Å². The number of allylic oxidation sites excluding steroid dienone is 2.